The third-order valence-corrected chi connectivity index (χ3v) is 12.0. The molecule has 0 spiro atoms. The summed E-state index contributed by atoms with van der Waals surface area (Å²) in [6.45, 7) is 7.73. The predicted molar refractivity (Wildman–Crippen MR) is 311 cm³/mol. The summed E-state index contributed by atoms with van der Waals surface area (Å²) in [5.41, 5.74) is 15.0. The van der Waals surface area contributed by atoms with Crippen LogP contribution in [0.3, 0.4) is 0 Å². The topological polar surface area (TPSA) is 268 Å². The monoisotopic (exact) mass is 1060 g/mol. The largest absolute Gasteiger partial charge is 1.00 e. The van der Waals surface area contributed by atoms with Gasteiger partial charge in [-0.1, -0.05) is 211 Å². The van der Waals surface area contributed by atoms with E-state index in [0.29, 0.717) is 6.42 Å². The number of carboxylic acid groups (broad SMARTS) is 1. The van der Waals surface area contributed by atoms with Crippen molar-refractivity contribution in [1.29, 1.82) is 5.26 Å². The summed E-state index contributed by atoms with van der Waals surface area (Å²) < 4.78 is 9.60. The van der Waals surface area contributed by atoms with Gasteiger partial charge in [-0.15, -0.1) is 0 Å². The van der Waals surface area contributed by atoms with Gasteiger partial charge in [0.25, 0.3) is 0 Å². The molecule has 4 atom stereocenters. The molecule has 8 aromatic rings. The number of nitrogens with one attached hydrogen (secondary N) is 2. The van der Waals surface area contributed by atoms with Crippen LogP contribution in [0.4, 0.5) is 0 Å². The third-order valence-electron chi connectivity index (χ3n) is 12.0. The van der Waals surface area contributed by atoms with Crippen LogP contribution < -0.4 is 41.0 Å². The number of methoxy groups -OCH3 is 2. The van der Waals surface area contributed by atoms with Crippen LogP contribution in [0.2, 0.25) is 0 Å². The van der Waals surface area contributed by atoms with Crippen molar-refractivity contribution < 1.29 is 63.6 Å². The van der Waals surface area contributed by atoms with Crippen molar-refractivity contribution in [2.24, 2.45) is 11.5 Å². The zero-order valence-corrected chi connectivity index (χ0v) is 45.2. The number of aldehydes is 1. The van der Waals surface area contributed by atoms with Crippen LogP contribution in [0.25, 0.3) is 43.1 Å². The fourth-order valence-electron chi connectivity index (χ4n) is 8.10. The molecule has 0 saturated heterocycles. The molecular formula is C63H78LiN5O9. The van der Waals surface area contributed by atoms with Crippen molar-refractivity contribution in [2.45, 2.75) is 90.9 Å². The summed E-state index contributed by atoms with van der Waals surface area (Å²) in [5.74, 6) is -1.48. The molecule has 410 valence electrons. The number of carboxylic acids is 1. The zero-order valence-electron chi connectivity index (χ0n) is 45.2. The van der Waals surface area contributed by atoms with E-state index in [1.165, 1.54) is 14.2 Å². The second-order valence-electron chi connectivity index (χ2n) is 17.2. The van der Waals surface area contributed by atoms with Gasteiger partial charge in [0.15, 0.2) is 0 Å². The Bertz CT molecular complexity index is 3060. The first-order chi connectivity index (χ1) is 36.0. The fourth-order valence-corrected chi connectivity index (χ4v) is 8.10. The van der Waals surface area contributed by atoms with Gasteiger partial charge < -0.3 is 52.4 Å². The molecule has 0 saturated carbocycles. The van der Waals surface area contributed by atoms with E-state index in [9.17, 15) is 24.3 Å². The molecule has 10 N–H and O–H groups in total. The molecule has 0 heterocycles. The molecule has 0 amide bonds. The van der Waals surface area contributed by atoms with E-state index in [4.69, 9.17) is 21.5 Å². The molecule has 0 fully saturated rings. The first-order valence-corrected chi connectivity index (χ1v) is 25.1. The maximum atomic E-state index is 12.1. The van der Waals surface area contributed by atoms with E-state index >= 15 is 0 Å². The van der Waals surface area contributed by atoms with Crippen LogP contribution in [0.15, 0.2) is 170 Å². The van der Waals surface area contributed by atoms with Crippen LogP contribution in [0.1, 0.15) is 113 Å². The molecular weight excluding hydrogens is 978 g/mol. The number of hydrogen-bond donors (Lipinski definition) is 5. The summed E-state index contributed by atoms with van der Waals surface area (Å²) in [7, 11) is 2.77. The average Bonchev–Trinajstić information content (AvgIpc) is 3.45. The number of unbranched alkanes of at least 4 members (excludes halogenated alkanes) is 3. The van der Waals surface area contributed by atoms with Gasteiger partial charge in [0.05, 0.1) is 20.3 Å². The molecule has 4 unspecified atom stereocenters. The number of nitriles is 1. The fraction of sp³-hybridized carbons (Fsp3) is 0.286. The molecule has 0 bridgehead atoms. The number of benzene rings is 8. The van der Waals surface area contributed by atoms with E-state index < -0.39 is 36.1 Å². The number of ether oxygens (including phenoxy) is 2. The number of rotatable bonds is 17. The summed E-state index contributed by atoms with van der Waals surface area (Å²) in [6, 6.07) is 54.9. The van der Waals surface area contributed by atoms with E-state index in [2.05, 4.69) is 47.4 Å². The van der Waals surface area contributed by atoms with Crippen LogP contribution in [0, 0.1) is 11.3 Å². The molecule has 8 aromatic carbocycles. The van der Waals surface area contributed by atoms with Gasteiger partial charge in [0.1, 0.15) is 30.5 Å². The van der Waals surface area contributed by atoms with E-state index in [0.717, 1.165) is 117 Å². The summed E-state index contributed by atoms with van der Waals surface area (Å²) in [4.78, 5) is 44.4. The Labute approximate surface area is 472 Å². The maximum absolute atomic E-state index is 12.1. The quantitative estimate of drug-likeness (QED) is 0.0247. The Balaban J connectivity index is 0.000000974. The van der Waals surface area contributed by atoms with Crippen molar-refractivity contribution in [3.8, 4) is 6.07 Å². The number of esters is 2. The Morgan fingerprint density at radius 3 is 1.23 bits per heavy atom. The van der Waals surface area contributed by atoms with Crippen molar-refractivity contribution in [3.05, 3.63) is 192 Å². The van der Waals surface area contributed by atoms with Crippen molar-refractivity contribution in [1.82, 2.24) is 10.6 Å². The minimum absolute atomic E-state index is 0. The molecule has 14 nitrogen and oxygen atoms in total. The third kappa shape index (κ3) is 20.9. The second kappa shape index (κ2) is 39.1. The summed E-state index contributed by atoms with van der Waals surface area (Å²) >= 11 is 0. The number of nitrogens with two attached hydrogens (primary N) is 2. The molecule has 78 heavy (non-hydrogen) atoms. The number of carbonyl (C=O) groups is 4. The van der Waals surface area contributed by atoms with Gasteiger partial charge in [-0.2, -0.15) is 5.26 Å². The average molecular weight is 1060 g/mol. The Morgan fingerprint density at radius 1 is 0.551 bits per heavy atom. The molecule has 15 heteroatoms. The van der Waals surface area contributed by atoms with Crippen LogP contribution in [0.5, 0.6) is 0 Å². The minimum Gasteiger partial charge on any atom is -0.870 e. The Kier molecular flexibility index (Phi) is 35.5. The summed E-state index contributed by atoms with van der Waals surface area (Å²) in [6.07, 6.45) is 6.78. The van der Waals surface area contributed by atoms with Gasteiger partial charge in [-0.3, -0.25) is 9.59 Å². The van der Waals surface area contributed by atoms with Crippen molar-refractivity contribution in [3.63, 3.8) is 0 Å². The molecule has 0 aliphatic heterocycles. The first kappa shape index (κ1) is 70.7. The van der Waals surface area contributed by atoms with Gasteiger partial charge in [0.2, 0.25) is 0 Å². The molecule has 8 rings (SSSR count). The van der Waals surface area contributed by atoms with Crippen molar-refractivity contribution >= 4 is 67.3 Å². The molecule has 0 aliphatic rings. The van der Waals surface area contributed by atoms with Crippen molar-refractivity contribution in [2.75, 3.05) is 27.3 Å². The zero-order chi connectivity index (χ0) is 53.7. The van der Waals surface area contributed by atoms with Gasteiger partial charge in [0, 0.05) is 6.42 Å². The molecule has 0 aliphatic carbocycles. The Hall–Kier alpha value is -7.27. The first-order valence-electron chi connectivity index (χ1n) is 25.1. The number of nitrogens with zero attached hydrogens (tertiary/aromatic N) is 1. The van der Waals surface area contributed by atoms with Crippen LogP contribution in [-0.4, -0.2) is 67.6 Å². The van der Waals surface area contributed by atoms with E-state index in [1.54, 1.807) is 0 Å². The maximum Gasteiger partial charge on any atom is 1.00 e. The molecule has 0 aromatic heterocycles. The number of carbonyl (C=O) groups excluding carboxylic acids is 3. The normalized spacial score (nSPS) is 11.4. The second-order valence-corrected chi connectivity index (χ2v) is 17.2. The molecule has 0 radical (unpaired) electrons. The van der Waals surface area contributed by atoms with Gasteiger partial charge >= 0.3 is 36.8 Å². The standard InChI is InChI=1S/C17H21NO2.C16H19NO2.C13H13NO2.C12H10N2.C4H8O.CH4.Li.2H2O/c1-3-4-12-18-16(17(19)20-2)15-11-7-9-13-8-5-6-10-14(13)15;1-2-3-11-17-15(16(18)19)14-10-6-8-12-7-4-5-9-13(12)14;1-16-13(15)12(14)11-8-4-6-9-5-2-3-7-10(9)11;13-8-12(14)11-7-3-5-9-4-1-2-6-10(9)11;1-2-3-4-5;;;;/h5-11,16,18H,3-4,12H2,1-2H3;4-10,15,17H,2-3,11H2,1H3,(H,18,19);2-8,12H,14H2,1H3;1-7,12H,14H2;4H,2-3H2,1H3;1H4;;2*1H2/q;;;;;;+1;;/p-1. The number of aliphatic carboxylic acids is 1. The predicted octanol–water partition coefficient (Wildman–Crippen LogP) is 8.80. The van der Waals surface area contributed by atoms with Gasteiger partial charge in [-0.05, 0) is 97.7 Å². The van der Waals surface area contributed by atoms with Crippen LogP contribution >= 0.6 is 0 Å². The van der Waals surface area contributed by atoms with Gasteiger partial charge in [-0.25, -0.2) is 4.79 Å². The minimum atomic E-state index is -0.826. The van der Waals surface area contributed by atoms with E-state index in [-0.39, 0.29) is 43.2 Å². The van der Waals surface area contributed by atoms with Crippen LogP contribution in [-0.2, 0) is 28.7 Å². The SMILES string of the molecule is C.CCCC=O.CCCCNC(C(=O)O)c1cccc2ccccc12.CCCCNC(C(=O)OC)c1cccc2ccccc12.COC(=O)C(N)c1cccc2ccccc12.N#CC(N)c1cccc2ccccc12.O.[Li+].[OH-]. The van der Waals surface area contributed by atoms with E-state index in [1.807, 2.05) is 165 Å². The number of fused-ring (bicyclic) bond motifs is 4. The smallest absolute Gasteiger partial charge is 0.870 e. The Morgan fingerprint density at radius 2 is 0.885 bits per heavy atom. The number of hydrogen-bond acceptors (Lipinski definition) is 12. The summed E-state index contributed by atoms with van der Waals surface area (Å²) in [5, 5.41) is 33.2.